The van der Waals surface area contributed by atoms with Gasteiger partial charge in [0.1, 0.15) is 11.2 Å². The molecule has 6 heteroatoms. The SMILES string of the molecule is CCC1(CC)NC(=O)N(Cc2cc(-c3ccccc3)on2)C1=O. The minimum atomic E-state index is -0.789. The summed E-state index contributed by atoms with van der Waals surface area (Å²) in [4.78, 5) is 25.9. The van der Waals surface area contributed by atoms with Crippen molar-refractivity contribution in [3.63, 3.8) is 0 Å². The van der Waals surface area contributed by atoms with E-state index in [1.807, 2.05) is 44.2 Å². The molecule has 1 N–H and O–H groups in total. The molecule has 0 unspecified atom stereocenters. The molecule has 1 aliphatic rings. The topological polar surface area (TPSA) is 75.4 Å². The lowest BCUT2D eigenvalue weighted by atomic mass is 9.93. The van der Waals surface area contributed by atoms with Gasteiger partial charge in [-0.05, 0) is 12.8 Å². The average molecular weight is 313 g/mol. The van der Waals surface area contributed by atoms with Crippen LogP contribution in [0.4, 0.5) is 4.79 Å². The van der Waals surface area contributed by atoms with E-state index < -0.39 is 5.54 Å². The fourth-order valence-corrected chi connectivity index (χ4v) is 2.84. The van der Waals surface area contributed by atoms with E-state index in [1.54, 1.807) is 6.07 Å². The summed E-state index contributed by atoms with van der Waals surface area (Å²) in [5.41, 5.74) is 0.665. The molecule has 3 rings (SSSR count). The van der Waals surface area contributed by atoms with Crippen LogP contribution in [0.25, 0.3) is 11.3 Å². The van der Waals surface area contributed by atoms with Gasteiger partial charge in [0.05, 0.1) is 6.54 Å². The largest absolute Gasteiger partial charge is 0.356 e. The summed E-state index contributed by atoms with van der Waals surface area (Å²) in [6.45, 7) is 3.91. The Morgan fingerprint density at radius 3 is 2.48 bits per heavy atom. The second-order valence-corrected chi connectivity index (χ2v) is 5.66. The summed E-state index contributed by atoms with van der Waals surface area (Å²) in [5.74, 6) is 0.418. The first kappa shape index (κ1) is 15.3. The normalized spacial score (nSPS) is 16.7. The van der Waals surface area contributed by atoms with Gasteiger partial charge in [-0.2, -0.15) is 0 Å². The van der Waals surface area contributed by atoms with E-state index >= 15 is 0 Å². The van der Waals surface area contributed by atoms with Crippen LogP contribution in [0, 0.1) is 0 Å². The van der Waals surface area contributed by atoms with Crippen LogP contribution in [0.3, 0.4) is 0 Å². The number of carbonyl (C=O) groups is 2. The van der Waals surface area contributed by atoms with Crippen LogP contribution in [0.2, 0.25) is 0 Å². The highest BCUT2D eigenvalue weighted by atomic mass is 16.5. The van der Waals surface area contributed by atoms with E-state index in [0.717, 1.165) is 5.56 Å². The number of hydrogen-bond donors (Lipinski definition) is 1. The molecule has 0 spiro atoms. The fraction of sp³-hybridized carbons (Fsp3) is 0.353. The summed E-state index contributed by atoms with van der Waals surface area (Å²) in [5, 5.41) is 6.78. The molecule has 0 bridgehead atoms. The highest BCUT2D eigenvalue weighted by molar-refractivity contribution is 6.06. The van der Waals surface area contributed by atoms with Crippen LogP contribution >= 0.6 is 0 Å². The summed E-state index contributed by atoms with van der Waals surface area (Å²) in [6.07, 6.45) is 1.14. The van der Waals surface area contributed by atoms with Gasteiger partial charge in [0, 0.05) is 11.6 Å². The molecule has 1 fully saturated rings. The number of imide groups is 1. The maximum absolute atomic E-state index is 12.6. The molecule has 0 radical (unpaired) electrons. The number of nitrogens with zero attached hydrogens (tertiary/aromatic N) is 2. The van der Waals surface area contributed by atoms with Crippen molar-refractivity contribution in [1.29, 1.82) is 0 Å². The standard InChI is InChI=1S/C17H19N3O3/c1-3-17(4-2)15(21)20(16(22)18-17)11-13-10-14(23-19-13)12-8-6-5-7-9-12/h5-10H,3-4,11H2,1-2H3,(H,18,22). The minimum absolute atomic E-state index is 0.114. The first-order valence-electron chi connectivity index (χ1n) is 7.74. The molecule has 1 aromatic carbocycles. The van der Waals surface area contributed by atoms with Crippen molar-refractivity contribution in [3.8, 4) is 11.3 Å². The van der Waals surface area contributed by atoms with Gasteiger partial charge in [0.2, 0.25) is 0 Å². The Morgan fingerprint density at radius 1 is 1.17 bits per heavy atom. The molecule has 2 aromatic rings. The van der Waals surface area contributed by atoms with E-state index in [4.69, 9.17) is 4.52 Å². The molecule has 1 saturated heterocycles. The van der Waals surface area contributed by atoms with Gasteiger partial charge >= 0.3 is 6.03 Å². The minimum Gasteiger partial charge on any atom is -0.356 e. The maximum atomic E-state index is 12.6. The van der Waals surface area contributed by atoms with Crippen LogP contribution in [-0.4, -0.2) is 27.5 Å². The molecule has 3 amide bonds. The zero-order chi connectivity index (χ0) is 16.4. The van der Waals surface area contributed by atoms with Gasteiger partial charge in [-0.3, -0.25) is 9.69 Å². The van der Waals surface area contributed by atoms with E-state index in [1.165, 1.54) is 4.90 Å². The van der Waals surface area contributed by atoms with Crippen molar-refractivity contribution < 1.29 is 14.1 Å². The smallest absolute Gasteiger partial charge is 0.325 e. The molecule has 0 atom stereocenters. The zero-order valence-electron chi connectivity index (χ0n) is 13.2. The van der Waals surface area contributed by atoms with Crippen molar-refractivity contribution in [2.24, 2.45) is 0 Å². The fourth-order valence-electron chi connectivity index (χ4n) is 2.84. The third-order valence-corrected chi connectivity index (χ3v) is 4.39. The van der Waals surface area contributed by atoms with Crippen LogP contribution in [0.1, 0.15) is 32.4 Å². The number of carbonyl (C=O) groups excluding carboxylic acids is 2. The monoisotopic (exact) mass is 313 g/mol. The molecule has 0 saturated carbocycles. The number of rotatable bonds is 5. The van der Waals surface area contributed by atoms with Gasteiger partial charge in [0.25, 0.3) is 5.91 Å². The van der Waals surface area contributed by atoms with E-state index in [0.29, 0.717) is 24.3 Å². The molecule has 6 nitrogen and oxygen atoms in total. The highest BCUT2D eigenvalue weighted by Gasteiger charge is 2.48. The van der Waals surface area contributed by atoms with Crippen LogP contribution < -0.4 is 5.32 Å². The molecule has 2 heterocycles. The van der Waals surface area contributed by atoms with Gasteiger partial charge in [0.15, 0.2) is 5.76 Å². The second-order valence-electron chi connectivity index (χ2n) is 5.66. The zero-order valence-corrected chi connectivity index (χ0v) is 13.2. The van der Waals surface area contributed by atoms with Crippen molar-refractivity contribution in [3.05, 3.63) is 42.1 Å². The molecule has 120 valence electrons. The third-order valence-electron chi connectivity index (χ3n) is 4.39. The van der Waals surface area contributed by atoms with Gasteiger partial charge in [-0.15, -0.1) is 0 Å². The Balaban J connectivity index is 1.79. The lowest BCUT2D eigenvalue weighted by molar-refractivity contribution is -0.132. The van der Waals surface area contributed by atoms with E-state index in [2.05, 4.69) is 10.5 Å². The molecule has 23 heavy (non-hydrogen) atoms. The van der Waals surface area contributed by atoms with Crippen molar-refractivity contribution >= 4 is 11.9 Å². The van der Waals surface area contributed by atoms with Crippen molar-refractivity contribution in [2.75, 3.05) is 0 Å². The first-order chi connectivity index (χ1) is 11.1. The number of hydrogen-bond acceptors (Lipinski definition) is 4. The Labute approximate surface area is 134 Å². The molecule has 1 aromatic heterocycles. The molecule has 1 aliphatic heterocycles. The predicted molar refractivity (Wildman–Crippen MR) is 84.3 cm³/mol. The number of urea groups is 1. The number of nitrogens with one attached hydrogen (secondary N) is 1. The molecular weight excluding hydrogens is 294 g/mol. The first-order valence-corrected chi connectivity index (χ1v) is 7.74. The van der Waals surface area contributed by atoms with Gasteiger partial charge in [-0.25, -0.2) is 4.79 Å². The predicted octanol–water partition coefficient (Wildman–Crippen LogP) is 2.95. The molecular formula is C17H19N3O3. The Hall–Kier alpha value is -2.63. The van der Waals surface area contributed by atoms with Crippen molar-refractivity contribution in [1.82, 2.24) is 15.4 Å². The lowest BCUT2D eigenvalue weighted by Crippen LogP contribution is -2.45. The van der Waals surface area contributed by atoms with Gasteiger partial charge in [-0.1, -0.05) is 49.3 Å². The lowest BCUT2D eigenvalue weighted by Gasteiger charge is -2.22. The number of aromatic nitrogens is 1. The summed E-state index contributed by atoms with van der Waals surface area (Å²) < 4.78 is 5.32. The van der Waals surface area contributed by atoms with E-state index in [9.17, 15) is 9.59 Å². The summed E-state index contributed by atoms with van der Waals surface area (Å²) in [6, 6.07) is 11.0. The maximum Gasteiger partial charge on any atom is 0.325 e. The molecule has 0 aliphatic carbocycles. The highest BCUT2D eigenvalue weighted by Crippen LogP contribution is 2.27. The Bertz CT molecular complexity index is 720. The summed E-state index contributed by atoms with van der Waals surface area (Å²) in [7, 11) is 0. The van der Waals surface area contributed by atoms with Gasteiger partial charge < -0.3 is 9.84 Å². The van der Waals surface area contributed by atoms with Crippen molar-refractivity contribution in [2.45, 2.75) is 38.8 Å². The Kier molecular flexibility index (Phi) is 3.90. The third kappa shape index (κ3) is 2.60. The number of benzene rings is 1. The van der Waals surface area contributed by atoms with Crippen LogP contribution in [-0.2, 0) is 11.3 Å². The average Bonchev–Trinajstić information content (AvgIpc) is 3.14. The van der Waals surface area contributed by atoms with Crippen LogP contribution in [0.15, 0.2) is 40.9 Å². The Morgan fingerprint density at radius 2 is 1.87 bits per heavy atom. The number of amides is 3. The van der Waals surface area contributed by atoms with Crippen LogP contribution in [0.5, 0.6) is 0 Å². The quantitative estimate of drug-likeness (QED) is 0.861. The second kappa shape index (κ2) is 5.87. The van der Waals surface area contributed by atoms with E-state index in [-0.39, 0.29) is 18.5 Å². The summed E-state index contributed by atoms with van der Waals surface area (Å²) >= 11 is 0.